The van der Waals surface area contributed by atoms with Crippen molar-refractivity contribution in [3.05, 3.63) is 71.8 Å². The van der Waals surface area contributed by atoms with Crippen LogP contribution in [0.5, 0.6) is 0 Å². The van der Waals surface area contributed by atoms with E-state index in [1.165, 1.54) is 12.5 Å². The smallest absolute Gasteiger partial charge is 0.225 e. The van der Waals surface area contributed by atoms with Crippen molar-refractivity contribution in [2.75, 3.05) is 26.2 Å². The van der Waals surface area contributed by atoms with E-state index in [0.717, 1.165) is 38.3 Å². The van der Waals surface area contributed by atoms with E-state index in [1.54, 1.807) is 0 Å². The lowest BCUT2D eigenvalue weighted by Gasteiger charge is -2.35. The summed E-state index contributed by atoms with van der Waals surface area (Å²) in [5.74, 6) is -0.0266. The van der Waals surface area contributed by atoms with Crippen molar-refractivity contribution < 1.29 is 9.59 Å². The van der Waals surface area contributed by atoms with E-state index in [2.05, 4.69) is 34.5 Å². The first-order valence-corrected chi connectivity index (χ1v) is 9.48. The Balaban J connectivity index is 1.54. The van der Waals surface area contributed by atoms with Gasteiger partial charge < -0.3 is 10.2 Å². The van der Waals surface area contributed by atoms with Gasteiger partial charge in [0, 0.05) is 39.6 Å². The van der Waals surface area contributed by atoms with Crippen LogP contribution < -0.4 is 5.32 Å². The Morgan fingerprint density at radius 3 is 2.11 bits per heavy atom. The van der Waals surface area contributed by atoms with Crippen LogP contribution in [0.1, 0.15) is 30.5 Å². The zero-order chi connectivity index (χ0) is 19.1. The van der Waals surface area contributed by atoms with Gasteiger partial charge in [-0.1, -0.05) is 60.7 Å². The van der Waals surface area contributed by atoms with Gasteiger partial charge in [-0.3, -0.25) is 14.5 Å². The van der Waals surface area contributed by atoms with Gasteiger partial charge in [0.05, 0.1) is 12.5 Å². The number of hydrogen-bond acceptors (Lipinski definition) is 3. The van der Waals surface area contributed by atoms with Crippen LogP contribution in [0, 0.1) is 0 Å². The van der Waals surface area contributed by atoms with E-state index >= 15 is 0 Å². The second-order valence-corrected chi connectivity index (χ2v) is 7.01. The molecule has 1 heterocycles. The monoisotopic (exact) mass is 365 g/mol. The Bertz CT molecular complexity index is 741. The van der Waals surface area contributed by atoms with Gasteiger partial charge in [0.2, 0.25) is 11.8 Å². The van der Waals surface area contributed by atoms with Crippen LogP contribution in [0.2, 0.25) is 0 Å². The van der Waals surface area contributed by atoms with Gasteiger partial charge in [0.25, 0.3) is 0 Å². The van der Waals surface area contributed by atoms with E-state index in [9.17, 15) is 9.59 Å². The highest BCUT2D eigenvalue weighted by Crippen LogP contribution is 2.19. The molecule has 2 aromatic rings. The Hall–Kier alpha value is -2.66. The summed E-state index contributed by atoms with van der Waals surface area (Å²) in [6.45, 7) is 5.61. The molecular formula is C22H27N3O2. The molecule has 1 saturated heterocycles. The summed E-state index contributed by atoms with van der Waals surface area (Å²) in [7, 11) is 0. The van der Waals surface area contributed by atoms with Gasteiger partial charge in [-0.2, -0.15) is 0 Å². The number of piperazine rings is 1. The highest BCUT2D eigenvalue weighted by Gasteiger charge is 2.24. The number of benzene rings is 2. The fourth-order valence-corrected chi connectivity index (χ4v) is 3.48. The molecule has 5 heteroatoms. The van der Waals surface area contributed by atoms with Crippen LogP contribution in [0.15, 0.2) is 60.7 Å². The first kappa shape index (κ1) is 19.1. The minimum Gasteiger partial charge on any atom is -0.349 e. The second kappa shape index (κ2) is 9.33. The van der Waals surface area contributed by atoms with Crippen LogP contribution in [0.25, 0.3) is 0 Å². The molecule has 1 aliphatic heterocycles. The number of carbonyl (C=O) groups is 2. The molecule has 2 amide bonds. The summed E-state index contributed by atoms with van der Waals surface area (Å²) in [4.78, 5) is 28.6. The number of hydrogen-bond donors (Lipinski definition) is 1. The number of nitrogens with one attached hydrogen (secondary N) is 1. The summed E-state index contributed by atoms with van der Waals surface area (Å²) in [5.41, 5.74) is 2.26. The van der Waals surface area contributed by atoms with Crippen LogP contribution in [-0.2, 0) is 16.1 Å². The quantitative estimate of drug-likeness (QED) is 0.856. The zero-order valence-corrected chi connectivity index (χ0v) is 15.8. The fraction of sp³-hybridized carbons (Fsp3) is 0.364. The first-order chi connectivity index (χ1) is 13.1. The maximum Gasteiger partial charge on any atom is 0.225 e. The summed E-state index contributed by atoms with van der Waals surface area (Å²) in [6.07, 6.45) is 0.294. The Morgan fingerprint density at radius 2 is 1.52 bits per heavy atom. The first-order valence-electron chi connectivity index (χ1n) is 9.48. The fourth-order valence-electron chi connectivity index (χ4n) is 3.48. The lowest BCUT2D eigenvalue weighted by Crippen LogP contribution is -2.49. The van der Waals surface area contributed by atoms with E-state index in [-0.39, 0.29) is 17.9 Å². The third-order valence-corrected chi connectivity index (χ3v) is 4.93. The minimum absolute atomic E-state index is 0.0944. The molecule has 1 fully saturated rings. The van der Waals surface area contributed by atoms with Crippen LogP contribution in [0.3, 0.4) is 0 Å². The topological polar surface area (TPSA) is 52.7 Å². The average Bonchev–Trinajstić information content (AvgIpc) is 2.69. The molecule has 3 rings (SSSR count). The third kappa shape index (κ3) is 5.66. The average molecular weight is 365 g/mol. The van der Waals surface area contributed by atoms with Crippen molar-refractivity contribution in [3.8, 4) is 0 Å². The molecule has 1 atom stereocenters. The highest BCUT2D eigenvalue weighted by atomic mass is 16.2. The molecule has 0 saturated carbocycles. The predicted octanol–water partition coefficient (Wildman–Crippen LogP) is 2.60. The van der Waals surface area contributed by atoms with E-state index < -0.39 is 0 Å². The van der Waals surface area contributed by atoms with Gasteiger partial charge in [-0.05, 0) is 11.1 Å². The molecule has 0 unspecified atom stereocenters. The Kier molecular flexibility index (Phi) is 6.60. The van der Waals surface area contributed by atoms with Gasteiger partial charge in [0.1, 0.15) is 0 Å². The number of rotatable bonds is 6. The van der Waals surface area contributed by atoms with Gasteiger partial charge in [0.15, 0.2) is 0 Å². The van der Waals surface area contributed by atoms with Gasteiger partial charge in [-0.15, -0.1) is 0 Å². The summed E-state index contributed by atoms with van der Waals surface area (Å²) >= 11 is 0. The standard InChI is InChI=1S/C22H27N3O2/c1-18(26)23-21(20-10-6-3-7-11-20)16-22(27)25-14-12-24(13-15-25)17-19-8-4-2-5-9-19/h2-11,21H,12-17H2,1H3,(H,23,26)/t21-/m0/s1. The molecule has 0 radical (unpaired) electrons. The van der Waals surface area contributed by atoms with Crippen LogP contribution in [-0.4, -0.2) is 47.8 Å². The summed E-state index contributed by atoms with van der Waals surface area (Å²) < 4.78 is 0. The largest absolute Gasteiger partial charge is 0.349 e. The molecule has 1 aliphatic rings. The molecular weight excluding hydrogens is 338 g/mol. The molecule has 0 aromatic heterocycles. The number of nitrogens with zero attached hydrogens (tertiary/aromatic N) is 2. The molecule has 0 aliphatic carbocycles. The van der Waals surface area contributed by atoms with Crippen LogP contribution >= 0.6 is 0 Å². The number of carbonyl (C=O) groups excluding carboxylic acids is 2. The lowest BCUT2D eigenvalue weighted by molar-refractivity contribution is -0.133. The highest BCUT2D eigenvalue weighted by molar-refractivity contribution is 5.79. The molecule has 27 heavy (non-hydrogen) atoms. The lowest BCUT2D eigenvalue weighted by atomic mass is 10.0. The molecule has 2 aromatic carbocycles. The molecule has 0 bridgehead atoms. The summed E-state index contributed by atoms with van der Waals surface area (Å²) in [5, 5.41) is 2.91. The SMILES string of the molecule is CC(=O)N[C@@H](CC(=O)N1CCN(Cc2ccccc2)CC1)c1ccccc1. The van der Waals surface area contributed by atoms with E-state index in [1.807, 2.05) is 41.3 Å². The normalized spacial score (nSPS) is 16.0. The molecule has 1 N–H and O–H groups in total. The van der Waals surface area contributed by atoms with Crippen molar-refractivity contribution in [2.45, 2.75) is 25.9 Å². The Labute approximate surface area is 161 Å². The maximum atomic E-state index is 12.8. The molecule has 5 nitrogen and oxygen atoms in total. The minimum atomic E-state index is -0.279. The Morgan fingerprint density at radius 1 is 0.926 bits per heavy atom. The van der Waals surface area contributed by atoms with Gasteiger partial charge in [-0.25, -0.2) is 0 Å². The predicted molar refractivity (Wildman–Crippen MR) is 106 cm³/mol. The molecule has 142 valence electrons. The van der Waals surface area contributed by atoms with Gasteiger partial charge >= 0.3 is 0 Å². The zero-order valence-electron chi connectivity index (χ0n) is 15.8. The van der Waals surface area contributed by atoms with E-state index in [4.69, 9.17) is 0 Å². The van der Waals surface area contributed by atoms with E-state index in [0.29, 0.717) is 6.42 Å². The van der Waals surface area contributed by atoms with Crippen LogP contribution in [0.4, 0.5) is 0 Å². The van der Waals surface area contributed by atoms with Crippen molar-refractivity contribution in [3.63, 3.8) is 0 Å². The van der Waals surface area contributed by atoms with Crippen molar-refractivity contribution >= 4 is 11.8 Å². The number of amides is 2. The van der Waals surface area contributed by atoms with Crippen molar-refractivity contribution in [1.82, 2.24) is 15.1 Å². The third-order valence-electron chi connectivity index (χ3n) is 4.93. The second-order valence-electron chi connectivity index (χ2n) is 7.01. The summed E-state index contributed by atoms with van der Waals surface area (Å²) in [6, 6.07) is 19.8. The van der Waals surface area contributed by atoms with Crippen molar-refractivity contribution in [1.29, 1.82) is 0 Å². The maximum absolute atomic E-state index is 12.8. The van der Waals surface area contributed by atoms with Crippen molar-refractivity contribution in [2.24, 2.45) is 0 Å². The molecule has 0 spiro atoms.